The van der Waals surface area contributed by atoms with Gasteiger partial charge in [0.15, 0.2) is 11.6 Å². The summed E-state index contributed by atoms with van der Waals surface area (Å²) in [5.74, 6) is -2.95. The predicted molar refractivity (Wildman–Crippen MR) is 77.5 cm³/mol. The van der Waals surface area contributed by atoms with E-state index in [-0.39, 0.29) is 10.5 Å². The summed E-state index contributed by atoms with van der Waals surface area (Å²) in [6.07, 6.45) is -1.41. The van der Waals surface area contributed by atoms with Gasteiger partial charge in [-0.3, -0.25) is 0 Å². The molecule has 0 aromatic heterocycles. The van der Waals surface area contributed by atoms with Crippen LogP contribution in [0.15, 0.2) is 47.4 Å². The van der Waals surface area contributed by atoms with Crippen LogP contribution in [0.5, 0.6) is 0 Å². The molecule has 2 aromatic carbocycles. The van der Waals surface area contributed by atoms with E-state index < -0.39 is 39.6 Å². The average Bonchev–Trinajstić information content (AvgIpc) is 2.49. The third kappa shape index (κ3) is 4.10. The molecule has 0 aliphatic carbocycles. The Morgan fingerprint density at radius 2 is 1.74 bits per heavy atom. The topological polar surface area (TPSA) is 66.4 Å². The molecule has 0 fully saturated rings. The van der Waals surface area contributed by atoms with Gasteiger partial charge in [-0.05, 0) is 42.8 Å². The molecule has 0 saturated heterocycles. The number of aliphatic hydroxyl groups excluding tert-OH is 1. The van der Waals surface area contributed by atoms with Crippen LogP contribution < -0.4 is 4.72 Å². The second-order valence-corrected chi connectivity index (χ2v) is 6.70. The lowest BCUT2D eigenvalue weighted by Gasteiger charge is -2.20. The summed E-state index contributed by atoms with van der Waals surface area (Å²) in [5.41, 5.74) is 0.0124. The molecular formula is C15H14F3NO3S. The van der Waals surface area contributed by atoms with Gasteiger partial charge < -0.3 is 5.11 Å². The van der Waals surface area contributed by atoms with Crippen molar-refractivity contribution in [2.45, 2.75) is 24.0 Å². The average molecular weight is 345 g/mol. The lowest BCUT2D eigenvalue weighted by molar-refractivity contribution is 0.146. The number of nitrogens with one attached hydrogen (secondary N) is 1. The van der Waals surface area contributed by atoms with E-state index in [0.29, 0.717) is 0 Å². The molecule has 0 amide bonds. The SMILES string of the molecule is CC(NS(=O)(=O)c1cccc(F)c1)C(O)c1ccc(F)c(F)c1. The highest BCUT2D eigenvalue weighted by Gasteiger charge is 2.24. The summed E-state index contributed by atoms with van der Waals surface area (Å²) in [6, 6.07) is 6.08. The zero-order valence-electron chi connectivity index (χ0n) is 12.0. The largest absolute Gasteiger partial charge is 0.387 e. The Hall–Kier alpha value is -1.90. The Kier molecular flexibility index (Phi) is 5.08. The molecule has 2 unspecified atom stereocenters. The summed E-state index contributed by atoms with van der Waals surface area (Å²) in [6.45, 7) is 1.35. The molecular weight excluding hydrogens is 331 g/mol. The first-order valence-electron chi connectivity index (χ1n) is 6.61. The summed E-state index contributed by atoms with van der Waals surface area (Å²) >= 11 is 0. The maximum atomic E-state index is 13.2. The minimum atomic E-state index is -4.07. The van der Waals surface area contributed by atoms with Crippen LogP contribution in [0.4, 0.5) is 13.2 Å². The third-order valence-corrected chi connectivity index (χ3v) is 4.76. The second kappa shape index (κ2) is 6.69. The Morgan fingerprint density at radius 1 is 1.04 bits per heavy atom. The Morgan fingerprint density at radius 3 is 2.35 bits per heavy atom. The number of hydrogen-bond donors (Lipinski definition) is 2. The van der Waals surface area contributed by atoms with Gasteiger partial charge in [-0.2, -0.15) is 0 Å². The van der Waals surface area contributed by atoms with E-state index >= 15 is 0 Å². The Balaban J connectivity index is 2.20. The van der Waals surface area contributed by atoms with E-state index in [1.54, 1.807) is 0 Å². The molecule has 0 aliphatic heterocycles. The van der Waals surface area contributed by atoms with E-state index in [1.165, 1.54) is 19.1 Å². The maximum absolute atomic E-state index is 13.2. The highest BCUT2D eigenvalue weighted by molar-refractivity contribution is 7.89. The highest BCUT2D eigenvalue weighted by Crippen LogP contribution is 2.21. The van der Waals surface area contributed by atoms with Crippen molar-refractivity contribution in [3.8, 4) is 0 Å². The minimum Gasteiger partial charge on any atom is -0.387 e. The summed E-state index contributed by atoms with van der Waals surface area (Å²) in [5, 5.41) is 10.1. The quantitative estimate of drug-likeness (QED) is 0.875. The molecule has 2 rings (SSSR count). The highest BCUT2D eigenvalue weighted by atomic mass is 32.2. The molecule has 0 bridgehead atoms. The fraction of sp³-hybridized carbons (Fsp3) is 0.200. The first kappa shape index (κ1) is 17.5. The molecule has 2 aromatic rings. The van der Waals surface area contributed by atoms with Gasteiger partial charge in [0.2, 0.25) is 10.0 Å². The van der Waals surface area contributed by atoms with Gasteiger partial charge >= 0.3 is 0 Å². The number of sulfonamides is 1. The fourth-order valence-corrected chi connectivity index (χ4v) is 3.28. The number of hydrogen-bond acceptors (Lipinski definition) is 3. The number of halogens is 3. The van der Waals surface area contributed by atoms with Gasteiger partial charge in [0.05, 0.1) is 11.0 Å². The van der Waals surface area contributed by atoms with E-state index in [2.05, 4.69) is 4.72 Å². The summed E-state index contributed by atoms with van der Waals surface area (Å²) < 4.78 is 65.6. The van der Waals surface area contributed by atoms with E-state index in [1.807, 2.05) is 0 Å². The predicted octanol–water partition coefficient (Wildman–Crippen LogP) is 2.50. The molecule has 2 N–H and O–H groups in total. The van der Waals surface area contributed by atoms with Crippen LogP contribution in [0.3, 0.4) is 0 Å². The molecule has 0 heterocycles. The van der Waals surface area contributed by atoms with E-state index in [4.69, 9.17) is 0 Å². The lowest BCUT2D eigenvalue weighted by Crippen LogP contribution is -2.37. The molecule has 0 aliphatic rings. The Labute approximate surface area is 131 Å². The van der Waals surface area contributed by atoms with Crippen LogP contribution >= 0.6 is 0 Å². The van der Waals surface area contributed by atoms with Crippen LogP contribution in [0, 0.1) is 17.5 Å². The molecule has 2 atom stereocenters. The van der Waals surface area contributed by atoms with Crippen molar-refractivity contribution in [1.29, 1.82) is 0 Å². The third-order valence-electron chi connectivity index (χ3n) is 3.21. The van der Waals surface area contributed by atoms with Gasteiger partial charge in [-0.25, -0.2) is 26.3 Å². The normalized spacial score (nSPS) is 14.5. The number of rotatable bonds is 5. The van der Waals surface area contributed by atoms with Crippen molar-refractivity contribution in [3.63, 3.8) is 0 Å². The van der Waals surface area contributed by atoms with Crippen molar-refractivity contribution < 1.29 is 26.7 Å². The molecule has 8 heteroatoms. The van der Waals surface area contributed by atoms with E-state index in [0.717, 1.165) is 30.3 Å². The van der Waals surface area contributed by atoms with Crippen LogP contribution in [0.2, 0.25) is 0 Å². The van der Waals surface area contributed by atoms with Crippen molar-refractivity contribution in [2.75, 3.05) is 0 Å². The maximum Gasteiger partial charge on any atom is 0.241 e. The summed E-state index contributed by atoms with van der Waals surface area (Å²) in [4.78, 5) is -0.304. The van der Waals surface area contributed by atoms with Crippen LogP contribution in [0.25, 0.3) is 0 Å². The van der Waals surface area contributed by atoms with Gasteiger partial charge in [-0.1, -0.05) is 12.1 Å². The number of aliphatic hydroxyl groups is 1. The fourth-order valence-electron chi connectivity index (χ4n) is 2.00. The van der Waals surface area contributed by atoms with Crippen molar-refractivity contribution in [3.05, 3.63) is 65.5 Å². The van der Waals surface area contributed by atoms with Gasteiger partial charge in [-0.15, -0.1) is 0 Å². The van der Waals surface area contributed by atoms with Crippen LogP contribution in [-0.2, 0) is 10.0 Å². The lowest BCUT2D eigenvalue weighted by atomic mass is 10.0. The first-order valence-corrected chi connectivity index (χ1v) is 8.10. The van der Waals surface area contributed by atoms with Crippen molar-refractivity contribution in [2.24, 2.45) is 0 Å². The van der Waals surface area contributed by atoms with Gasteiger partial charge in [0, 0.05) is 6.04 Å². The van der Waals surface area contributed by atoms with Gasteiger partial charge in [0.25, 0.3) is 0 Å². The van der Waals surface area contributed by atoms with Crippen molar-refractivity contribution in [1.82, 2.24) is 4.72 Å². The standard InChI is InChI=1S/C15H14F3NO3S/c1-9(15(20)10-5-6-13(17)14(18)7-10)19-23(21,22)12-4-2-3-11(16)8-12/h2-9,15,19-20H,1H3. The second-order valence-electron chi connectivity index (χ2n) is 4.99. The molecule has 4 nitrogen and oxygen atoms in total. The number of benzene rings is 2. The molecule has 0 spiro atoms. The molecule has 23 heavy (non-hydrogen) atoms. The Bertz CT molecular complexity index is 811. The van der Waals surface area contributed by atoms with Crippen LogP contribution in [0.1, 0.15) is 18.6 Å². The molecule has 0 saturated carbocycles. The van der Waals surface area contributed by atoms with E-state index in [9.17, 15) is 26.7 Å². The van der Waals surface area contributed by atoms with Crippen molar-refractivity contribution >= 4 is 10.0 Å². The molecule has 0 radical (unpaired) electrons. The first-order chi connectivity index (χ1) is 10.7. The van der Waals surface area contributed by atoms with Gasteiger partial charge in [0.1, 0.15) is 5.82 Å². The van der Waals surface area contributed by atoms with Crippen LogP contribution in [-0.4, -0.2) is 19.6 Å². The smallest absolute Gasteiger partial charge is 0.241 e. The zero-order valence-corrected chi connectivity index (χ0v) is 12.8. The molecule has 124 valence electrons. The zero-order chi connectivity index (χ0) is 17.2. The summed E-state index contributed by atoms with van der Waals surface area (Å²) in [7, 11) is -4.07. The monoisotopic (exact) mass is 345 g/mol. The minimum absolute atomic E-state index is 0.0124.